The van der Waals surface area contributed by atoms with Crippen molar-refractivity contribution in [2.75, 3.05) is 13.7 Å². The van der Waals surface area contributed by atoms with Crippen molar-refractivity contribution in [2.24, 2.45) is 34.2 Å². The van der Waals surface area contributed by atoms with Gasteiger partial charge in [-0.1, -0.05) is 12.2 Å². The highest BCUT2D eigenvalue weighted by atomic mass is 16.5. The molecule has 0 unspecified atom stereocenters. The fourth-order valence-electron chi connectivity index (χ4n) is 5.34. The number of rotatable bonds is 5. The molecule has 1 aromatic carbocycles. The van der Waals surface area contributed by atoms with Gasteiger partial charge in [0, 0.05) is 0 Å². The Balaban J connectivity index is 1.38. The quantitative estimate of drug-likeness (QED) is 0.456. The maximum atomic E-state index is 12.9. The summed E-state index contributed by atoms with van der Waals surface area (Å²) in [4.78, 5) is 25.8. The van der Waals surface area contributed by atoms with Crippen molar-refractivity contribution in [1.29, 1.82) is 0 Å². The molecule has 5 rings (SSSR count). The van der Waals surface area contributed by atoms with Gasteiger partial charge in [-0.25, -0.2) is 0 Å². The molecule has 2 amide bonds. The summed E-state index contributed by atoms with van der Waals surface area (Å²) >= 11 is 0. The van der Waals surface area contributed by atoms with E-state index in [0.29, 0.717) is 18.1 Å². The summed E-state index contributed by atoms with van der Waals surface area (Å²) < 4.78 is 10.8. The topological polar surface area (TPSA) is 68.2 Å². The monoisotopic (exact) mass is 366 g/mol. The van der Waals surface area contributed by atoms with Gasteiger partial charge in [-0.2, -0.15) is 10.1 Å². The second kappa shape index (κ2) is 5.68. The van der Waals surface area contributed by atoms with Crippen molar-refractivity contribution in [2.45, 2.75) is 19.8 Å². The Labute approximate surface area is 157 Å². The third-order valence-electron chi connectivity index (χ3n) is 6.64. The van der Waals surface area contributed by atoms with Gasteiger partial charge < -0.3 is 9.47 Å². The molecule has 4 aliphatic rings. The summed E-state index contributed by atoms with van der Waals surface area (Å²) in [6.07, 6.45) is 8.14. The standard InChI is InChI=1S/C21H22N2O4/c1-3-27-15-7-4-12(10-16(15)26-2)11-22-23-19(24)17-13-5-6-14(18(17)20(23)25)21(13)8-9-21/h4-7,10-11,13-14,17-18H,3,8-9H2,1-2H3/b22-11-/t13-,14+,17+,18-. The summed E-state index contributed by atoms with van der Waals surface area (Å²) in [6, 6.07) is 5.41. The number of benzene rings is 1. The van der Waals surface area contributed by atoms with Crippen LogP contribution in [0.25, 0.3) is 0 Å². The minimum Gasteiger partial charge on any atom is -0.493 e. The van der Waals surface area contributed by atoms with Crippen LogP contribution in [0.3, 0.4) is 0 Å². The van der Waals surface area contributed by atoms with E-state index >= 15 is 0 Å². The maximum Gasteiger partial charge on any atom is 0.254 e. The zero-order chi connectivity index (χ0) is 18.8. The van der Waals surface area contributed by atoms with E-state index in [1.807, 2.05) is 13.0 Å². The summed E-state index contributed by atoms with van der Waals surface area (Å²) in [7, 11) is 1.57. The number of methoxy groups -OCH3 is 1. The number of imide groups is 1. The van der Waals surface area contributed by atoms with Crippen molar-refractivity contribution < 1.29 is 19.1 Å². The molecule has 6 heteroatoms. The van der Waals surface area contributed by atoms with Crippen molar-refractivity contribution in [3.8, 4) is 11.5 Å². The maximum absolute atomic E-state index is 12.9. The van der Waals surface area contributed by atoms with E-state index in [2.05, 4.69) is 17.3 Å². The molecule has 6 nitrogen and oxygen atoms in total. The molecule has 1 spiro atoms. The molecule has 0 radical (unpaired) electrons. The number of amides is 2. The molecule has 0 aromatic heterocycles. The lowest BCUT2D eigenvalue weighted by atomic mass is 9.85. The third-order valence-corrected chi connectivity index (χ3v) is 6.64. The van der Waals surface area contributed by atoms with Crippen molar-refractivity contribution in [1.82, 2.24) is 5.01 Å². The van der Waals surface area contributed by atoms with Gasteiger partial charge in [-0.3, -0.25) is 9.59 Å². The lowest BCUT2D eigenvalue weighted by molar-refractivity contribution is -0.141. The normalized spacial score (nSPS) is 32.0. The highest BCUT2D eigenvalue weighted by Crippen LogP contribution is 2.73. The van der Waals surface area contributed by atoms with Gasteiger partial charge in [-0.15, -0.1) is 0 Å². The second-order valence-corrected chi connectivity index (χ2v) is 7.80. The molecule has 0 N–H and O–H groups in total. The Morgan fingerprint density at radius 1 is 1.15 bits per heavy atom. The minimum absolute atomic E-state index is 0.151. The Morgan fingerprint density at radius 3 is 2.37 bits per heavy atom. The van der Waals surface area contributed by atoms with E-state index < -0.39 is 0 Å². The van der Waals surface area contributed by atoms with E-state index in [1.54, 1.807) is 19.2 Å². The molecule has 140 valence electrons. The van der Waals surface area contributed by atoms with E-state index in [9.17, 15) is 9.59 Å². The molecule has 2 bridgehead atoms. The van der Waals surface area contributed by atoms with Crippen LogP contribution in [0.2, 0.25) is 0 Å². The first-order valence-electron chi connectivity index (χ1n) is 9.51. The van der Waals surface area contributed by atoms with Crippen molar-refractivity contribution >= 4 is 18.0 Å². The molecule has 1 saturated heterocycles. The molecule has 1 aliphatic heterocycles. The van der Waals surface area contributed by atoms with E-state index in [4.69, 9.17) is 9.47 Å². The van der Waals surface area contributed by atoms with Gasteiger partial charge in [0.25, 0.3) is 11.8 Å². The van der Waals surface area contributed by atoms with Gasteiger partial charge in [0.05, 0.1) is 31.8 Å². The number of hydrogen-bond donors (Lipinski definition) is 0. The molecule has 2 saturated carbocycles. The van der Waals surface area contributed by atoms with E-state index in [1.165, 1.54) is 6.21 Å². The number of carbonyl (C=O) groups excluding carboxylic acids is 2. The summed E-state index contributed by atoms with van der Waals surface area (Å²) in [5.41, 5.74) is 0.951. The smallest absolute Gasteiger partial charge is 0.254 e. The van der Waals surface area contributed by atoms with Crippen LogP contribution in [0.15, 0.2) is 35.5 Å². The predicted octanol–water partition coefficient (Wildman–Crippen LogP) is 2.63. The fourth-order valence-corrected chi connectivity index (χ4v) is 5.34. The van der Waals surface area contributed by atoms with Gasteiger partial charge in [0.2, 0.25) is 0 Å². The van der Waals surface area contributed by atoms with Crippen molar-refractivity contribution in [3.63, 3.8) is 0 Å². The Bertz CT molecular complexity index is 852. The Morgan fingerprint density at radius 2 is 1.81 bits per heavy atom. The molecular weight excluding hydrogens is 344 g/mol. The lowest BCUT2D eigenvalue weighted by Crippen LogP contribution is -2.30. The van der Waals surface area contributed by atoms with Gasteiger partial charge in [0.15, 0.2) is 11.5 Å². The minimum atomic E-state index is -0.220. The fraction of sp³-hybridized carbons (Fsp3) is 0.476. The number of carbonyl (C=O) groups is 2. The summed E-state index contributed by atoms with van der Waals surface area (Å²) in [5.74, 6) is 0.935. The number of fused-ring (bicyclic) bond motifs is 3. The average Bonchev–Trinajstić information content (AvgIpc) is 3.28. The molecule has 4 atom stereocenters. The molecule has 3 aliphatic carbocycles. The predicted molar refractivity (Wildman–Crippen MR) is 98.4 cm³/mol. The Hall–Kier alpha value is -2.63. The van der Waals surface area contributed by atoms with Crippen LogP contribution in [0.1, 0.15) is 25.3 Å². The molecule has 27 heavy (non-hydrogen) atoms. The number of hydrazone groups is 1. The summed E-state index contributed by atoms with van der Waals surface area (Å²) in [6.45, 7) is 2.45. The lowest BCUT2D eigenvalue weighted by Gasteiger charge is -2.18. The average molecular weight is 366 g/mol. The second-order valence-electron chi connectivity index (χ2n) is 7.80. The SMILES string of the molecule is CCOc1ccc(/C=N\N2C(=O)[C@@H]3[C@H](C2=O)[C@@H]2C=C[C@H]3C23CC3)cc1OC. The summed E-state index contributed by atoms with van der Waals surface area (Å²) in [5, 5.41) is 5.32. The third kappa shape index (κ3) is 2.16. The van der Waals surface area contributed by atoms with Crippen LogP contribution in [-0.4, -0.2) is 36.8 Å². The first-order valence-corrected chi connectivity index (χ1v) is 9.51. The van der Waals surface area contributed by atoms with Crippen LogP contribution < -0.4 is 9.47 Å². The first kappa shape index (κ1) is 16.5. The van der Waals surface area contributed by atoms with Crippen LogP contribution >= 0.6 is 0 Å². The first-order chi connectivity index (χ1) is 13.1. The Kier molecular flexibility index (Phi) is 3.48. The highest BCUT2D eigenvalue weighted by molar-refractivity contribution is 6.07. The van der Waals surface area contributed by atoms with E-state index in [0.717, 1.165) is 23.4 Å². The van der Waals surface area contributed by atoms with E-state index in [-0.39, 0.29) is 40.9 Å². The number of allylic oxidation sites excluding steroid dienone is 2. The number of ether oxygens (including phenoxy) is 2. The zero-order valence-corrected chi connectivity index (χ0v) is 15.4. The van der Waals surface area contributed by atoms with Crippen LogP contribution in [-0.2, 0) is 9.59 Å². The van der Waals surface area contributed by atoms with Gasteiger partial charge in [-0.05, 0) is 60.8 Å². The van der Waals surface area contributed by atoms with Gasteiger partial charge in [0.1, 0.15) is 0 Å². The van der Waals surface area contributed by atoms with Crippen LogP contribution in [0, 0.1) is 29.1 Å². The molecule has 1 heterocycles. The largest absolute Gasteiger partial charge is 0.493 e. The number of nitrogens with zero attached hydrogens (tertiary/aromatic N) is 2. The van der Waals surface area contributed by atoms with Gasteiger partial charge >= 0.3 is 0 Å². The molecular formula is C21H22N2O4. The van der Waals surface area contributed by atoms with Crippen LogP contribution in [0.4, 0.5) is 0 Å². The molecule has 3 fully saturated rings. The highest BCUT2D eigenvalue weighted by Gasteiger charge is 2.73. The number of hydrogen-bond acceptors (Lipinski definition) is 5. The van der Waals surface area contributed by atoms with Crippen molar-refractivity contribution in [3.05, 3.63) is 35.9 Å². The van der Waals surface area contributed by atoms with Crippen LogP contribution in [0.5, 0.6) is 11.5 Å². The zero-order valence-electron chi connectivity index (χ0n) is 15.4. The molecule has 1 aromatic rings.